The predicted molar refractivity (Wildman–Crippen MR) is 84.0 cm³/mol. The summed E-state index contributed by atoms with van der Waals surface area (Å²) in [7, 11) is 0. The summed E-state index contributed by atoms with van der Waals surface area (Å²) in [6, 6.07) is 0. The Morgan fingerprint density at radius 2 is 0.938 bits per heavy atom. The Morgan fingerprint density at radius 3 is 0.938 bits per heavy atom. The van der Waals surface area contributed by atoms with Crippen molar-refractivity contribution in [1.82, 2.24) is 0 Å². The van der Waals surface area contributed by atoms with Crippen LogP contribution >= 0.6 is 0 Å². The highest BCUT2D eigenvalue weighted by atomic mass is 14.6. The Bertz CT molecular complexity index is 74.7. The first-order chi connectivity index (χ1) is 7.74. The van der Waals surface area contributed by atoms with Crippen molar-refractivity contribution < 1.29 is 0 Å². The van der Waals surface area contributed by atoms with Crippen LogP contribution in [0.4, 0.5) is 0 Å². The Morgan fingerprint density at radius 1 is 0.875 bits per heavy atom. The minimum absolute atomic E-state index is 1.25. The number of nitrogens with zero attached hydrogens (tertiary/aromatic N) is 1. The first kappa shape index (κ1) is 36.5. The molecule has 2 N–H and O–H groups in total. The second kappa shape index (κ2) is 305. The summed E-state index contributed by atoms with van der Waals surface area (Å²) in [5.74, 6) is 0. The molecule has 2 nitrogen and oxygen atoms in total. The van der Waals surface area contributed by atoms with Crippen molar-refractivity contribution in [1.29, 1.82) is 0 Å². The van der Waals surface area contributed by atoms with Gasteiger partial charge in [-0.1, -0.05) is 60.8 Å². The monoisotopic (exact) mass is 230 g/mol. The molecule has 0 rings (SSSR count). The highest BCUT2D eigenvalue weighted by Gasteiger charge is 1.27. The van der Waals surface area contributed by atoms with Crippen LogP contribution in [0.1, 0.15) is 48.5 Å². The van der Waals surface area contributed by atoms with Gasteiger partial charge in [-0.05, 0) is 19.8 Å². The topological polar surface area (TPSA) is 38.4 Å². The average molecular weight is 230 g/mol. The normalized spacial score (nSPS) is 3.94. The van der Waals surface area contributed by atoms with E-state index in [1.807, 2.05) is 48.5 Å². The molecular weight excluding hydrogens is 196 g/mol. The zero-order chi connectivity index (χ0) is 14.8. The number of hydrogen-bond acceptors (Lipinski definition) is 2. The van der Waals surface area contributed by atoms with E-state index in [-0.39, 0.29) is 0 Å². The van der Waals surface area contributed by atoms with Gasteiger partial charge in [-0.2, -0.15) is 0 Å². The molecule has 0 amide bonds. The van der Waals surface area contributed by atoms with Crippen LogP contribution in [0.3, 0.4) is 0 Å². The molecule has 0 unspecified atom stereocenters. The molecule has 0 saturated heterocycles. The molecule has 0 aliphatic heterocycles. The van der Waals surface area contributed by atoms with E-state index in [2.05, 4.69) is 37.2 Å². The molecule has 0 aromatic heterocycles. The lowest BCUT2D eigenvalue weighted by molar-refractivity contribution is 1.50. The summed E-state index contributed by atoms with van der Waals surface area (Å²) in [6.07, 6.45) is 4.39. The number of aliphatic imine (C=N–C) groups is 1. The quantitative estimate of drug-likeness (QED) is 0.488. The van der Waals surface area contributed by atoms with Crippen molar-refractivity contribution in [3.8, 4) is 0 Å². The first-order valence-corrected chi connectivity index (χ1v) is 5.71. The van der Waals surface area contributed by atoms with E-state index in [1.165, 1.54) is 12.4 Å². The molecule has 16 heavy (non-hydrogen) atoms. The molecule has 0 aromatic carbocycles. The lowest BCUT2D eigenvalue weighted by Crippen LogP contribution is -1.67. The fourth-order valence-electron chi connectivity index (χ4n) is 0. The van der Waals surface area contributed by atoms with Crippen molar-refractivity contribution in [3.63, 3.8) is 0 Å². The van der Waals surface area contributed by atoms with Gasteiger partial charge in [0, 0.05) is 6.20 Å². The van der Waals surface area contributed by atoms with Gasteiger partial charge in [0.1, 0.15) is 0 Å². The van der Waals surface area contributed by atoms with Crippen molar-refractivity contribution in [3.05, 3.63) is 38.2 Å². The molecule has 0 atom stereocenters. The smallest absolute Gasteiger partial charge is 0.0188 e. The molecule has 0 aliphatic rings. The summed E-state index contributed by atoms with van der Waals surface area (Å²) in [5.41, 5.74) is 4.61. The summed E-state index contributed by atoms with van der Waals surface area (Å²) < 4.78 is 0. The molecule has 0 spiro atoms. The molecule has 0 aliphatic carbocycles. The molecule has 100 valence electrons. The lowest BCUT2D eigenvalue weighted by Gasteiger charge is -1.48. The standard InChI is InChI=1S/C3H5N.C3H6.C2H5N.3C2H6/c1-3-4-2;1-3-2;1-2-3;3*1-2/h3H,1-2H2;3H,1H2,2H3;2H,1,3H2;3*1-2H3. The van der Waals surface area contributed by atoms with E-state index in [1.54, 1.807) is 6.08 Å². The van der Waals surface area contributed by atoms with Crippen LogP contribution in [0, 0.1) is 0 Å². The van der Waals surface area contributed by atoms with Gasteiger partial charge in [0.25, 0.3) is 0 Å². The van der Waals surface area contributed by atoms with Crippen molar-refractivity contribution in [2.45, 2.75) is 48.5 Å². The van der Waals surface area contributed by atoms with Gasteiger partial charge in [0.05, 0.1) is 0 Å². The average Bonchev–Trinajstić information content (AvgIpc) is 2.38. The van der Waals surface area contributed by atoms with Crippen LogP contribution in [0.2, 0.25) is 0 Å². The molecule has 0 radical (unpaired) electrons. The molecule has 0 bridgehead atoms. The van der Waals surface area contributed by atoms with Crippen molar-refractivity contribution >= 4 is 6.72 Å². The third-order valence-corrected chi connectivity index (χ3v) is 0.129. The number of nitrogens with two attached hydrogens (primary N) is 1. The van der Waals surface area contributed by atoms with Gasteiger partial charge in [0.15, 0.2) is 0 Å². The van der Waals surface area contributed by atoms with Crippen LogP contribution in [0.5, 0.6) is 0 Å². The molecule has 0 aromatic rings. The fourth-order valence-corrected chi connectivity index (χ4v) is 0. The van der Waals surface area contributed by atoms with E-state index >= 15 is 0 Å². The summed E-state index contributed by atoms with van der Waals surface area (Å²) >= 11 is 0. The van der Waals surface area contributed by atoms with Crippen LogP contribution in [-0.2, 0) is 0 Å². The SMILES string of the molecule is C=CC.C=CN.C=CN=C.CC.CC.CC. The zero-order valence-electron chi connectivity index (χ0n) is 12.6. The van der Waals surface area contributed by atoms with Gasteiger partial charge in [0.2, 0.25) is 0 Å². The molecule has 0 heterocycles. The number of hydrogen-bond donors (Lipinski definition) is 1. The minimum Gasteiger partial charge on any atom is -0.405 e. The zero-order valence-corrected chi connectivity index (χ0v) is 12.6. The van der Waals surface area contributed by atoms with Crippen LogP contribution in [0.25, 0.3) is 0 Å². The Labute approximate surface area is 105 Å². The summed E-state index contributed by atoms with van der Waals surface area (Å²) in [6.45, 7) is 26.8. The maximum atomic E-state index is 4.61. The molecular formula is C14H34N2. The number of allylic oxidation sites excluding steroid dienone is 1. The highest BCUT2D eigenvalue weighted by Crippen LogP contribution is 1.50. The second-order valence-corrected chi connectivity index (χ2v) is 1.01. The van der Waals surface area contributed by atoms with Gasteiger partial charge in [-0.15, -0.1) is 6.58 Å². The van der Waals surface area contributed by atoms with Gasteiger partial charge >= 0.3 is 0 Å². The third-order valence-electron chi connectivity index (χ3n) is 0.129. The maximum Gasteiger partial charge on any atom is 0.0188 e. The van der Waals surface area contributed by atoms with Gasteiger partial charge in [-0.3, -0.25) is 4.99 Å². The molecule has 0 fully saturated rings. The number of rotatable bonds is 1. The second-order valence-electron chi connectivity index (χ2n) is 1.01. The van der Waals surface area contributed by atoms with E-state index in [9.17, 15) is 0 Å². The lowest BCUT2D eigenvalue weighted by atomic mass is 10.8. The Balaban J connectivity index is -0.0000000193. The minimum atomic E-state index is 1.25. The molecule has 2 heteroatoms. The fraction of sp³-hybridized carbons (Fsp3) is 0.500. The van der Waals surface area contributed by atoms with Crippen LogP contribution in [-0.4, -0.2) is 6.72 Å². The van der Waals surface area contributed by atoms with E-state index in [0.717, 1.165) is 0 Å². The van der Waals surface area contributed by atoms with Crippen LogP contribution in [0.15, 0.2) is 43.2 Å². The molecule has 0 saturated carbocycles. The summed E-state index contributed by atoms with van der Waals surface area (Å²) in [5, 5.41) is 0. The highest BCUT2D eigenvalue weighted by molar-refractivity contribution is 5.24. The summed E-state index contributed by atoms with van der Waals surface area (Å²) in [4.78, 5) is 3.25. The maximum absolute atomic E-state index is 4.61. The Kier molecular flexibility index (Phi) is 694. The van der Waals surface area contributed by atoms with Gasteiger partial charge in [-0.25, -0.2) is 0 Å². The van der Waals surface area contributed by atoms with Crippen LogP contribution < -0.4 is 5.73 Å². The van der Waals surface area contributed by atoms with Crippen molar-refractivity contribution in [2.75, 3.05) is 0 Å². The van der Waals surface area contributed by atoms with E-state index in [4.69, 9.17) is 0 Å². The van der Waals surface area contributed by atoms with Crippen molar-refractivity contribution in [2.24, 2.45) is 10.7 Å². The van der Waals surface area contributed by atoms with Gasteiger partial charge < -0.3 is 5.73 Å². The van der Waals surface area contributed by atoms with E-state index < -0.39 is 0 Å². The predicted octanol–water partition coefficient (Wildman–Crippen LogP) is 5.19. The van der Waals surface area contributed by atoms with E-state index in [0.29, 0.717) is 0 Å². The largest absolute Gasteiger partial charge is 0.405 e. The third kappa shape index (κ3) is 18000. The first-order valence-electron chi connectivity index (χ1n) is 5.71. The Hall–Kier alpha value is -1.31.